The average molecular weight is 273 g/mol. The molecular weight excluding hydrogens is 250 g/mol. The van der Waals surface area contributed by atoms with Crippen LogP contribution in [0.5, 0.6) is 0 Å². The molecule has 1 heterocycles. The molecule has 0 aliphatic heterocycles. The van der Waals surface area contributed by atoms with Gasteiger partial charge in [0, 0.05) is 17.4 Å². The molecule has 108 valence electrons. The topological polar surface area (TPSA) is 31.2 Å². The highest BCUT2D eigenvalue weighted by Crippen LogP contribution is 2.21. The fourth-order valence-electron chi connectivity index (χ4n) is 2.52. The molecule has 20 heavy (non-hydrogen) atoms. The van der Waals surface area contributed by atoms with Gasteiger partial charge in [0.15, 0.2) is 0 Å². The highest BCUT2D eigenvalue weighted by Gasteiger charge is 2.15. The van der Waals surface area contributed by atoms with Crippen molar-refractivity contribution >= 4 is 16.9 Å². The van der Waals surface area contributed by atoms with E-state index in [1.54, 1.807) is 0 Å². The van der Waals surface area contributed by atoms with Crippen molar-refractivity contribution in [2.75, 3.05) is 6.61 Å². The molecule has 1 aromatic carbocycles. The fraction of sp³-hybridized carbons (Fsp3) is 0.471. The van der Waals surface area contributed by atoms with E-state index in [9.17, 15) is 4.79 Å². The number of para-hydroxylation sites is 1. The number of esters is 1. The minimum absolute atomic E-state index is 0.223. The molecule has 0 amide bonds. The Morgan fingerprint density at radius 2 is 1.95 bits per heavy atom. The summed E-state index contributed by atoms with van der Waals surface area (Å²) in [6.45, 7) is 5.33. The van der Waals surface area contributed by atoms with E-state index in [-0.39, 0.29) is 5.97 Å². The third-order valence-electron chi connectivity index (χ3n) is 3.53. The molecule has 0 atom stereocenters. The summed E-state index contributed by atoms with van der Waals surface area (Å²) in [6.07, 6.45) is 4.76. The van der Waals surface area contributed by atoms with E-state index in [4.69, 9.17) is 4.74 Å². The molecule has 0 radical (unpaired) electrons. The number of unbranched alkanes of at least 4 members (excludes halogenated alkanes) is 3. The molecule has 0 N–H and O–H groups in total. The molecule has 0 aliphatic carbocycles. The Morgan fingerprint density at radius 3 is 2.70 bits per heavy atom. The van der Waals surface area contributed by atoms with Gasteiger partial charge in [0.2, 0.25) is 0 Å². The summed E-state index contributed by atoms with van der Waals surface area (Å²) in [5, 5.41) is 1.10. The highest BCUT2D eigenvalue weighted by molar-refractivity contribution is 5.95. The molecule has 0 aliphatic rings. The van der Waals surface area contributed by atoms with Gasteiger partial charge in [-0.1, -0.05) is 44.4 Å². The smallest absolute Gasteiger partial charge is 0.354 e. The van der Waals surface area contributed by atoms with Gasteiger partial charge in [-0.15, -0.1) is 0 Å². The summed E-state index contributed by atoms with van der Waals surface area (Å²) in [5.74, 6) is -0.223. The van der Waals surface area contributed by atoms with Crippen molar-refractivity contribution in [3.63, 3.8) is 0 Å². The summed E-state index contributed by atoms with van der Waals surface area (Å²) in [5.41, 5.74) is 1.79. The van der Waals surface area contributed by atoms with Gasteiger partial charge in [-0.25, -0.2) is 4.79 Å². The summed E-state index contributed by atoms with van der Waals surface area (Å²) in [7, 11) is 0. The molecular formula is C17H23NO2. The van der Waals surface area contributed by atoms with Gasteiger partial charge >= 0.3 is 5.97 Å². The number of aromatic nitrogens is 1. The Bertz CT molecular complexity index is 571. The Kier molecular flexibility index (Phi) is 5.22. The Morgan fingerprint density at radius 1 is 1.15 bits per heavy atom. The molecule has 2 rings (SSSR count). The van der Waals surface area contributed by atoms with Gasteiger partial charge in [-0.2, -0.15) is 0 Å². The van der Waals surface area contributed by atoms with Crippen LogP contribution in [0.25, 0.3) is 10.9 Å². The van der Waals surface area contributed by atoms with E-state index in [1.807, 2.05) is 31.2 Å². The van der Waals surface area contributed by atoms with E-state index < -0.39 is 0 Å². The normalized spacial score (nSPS) is 10.9. The lowest BCUT2D eigenvalue weighted by Gasteiger charge is -2.10. The number of rotatable bonds is 7. The van der Waals surface area contributed by atoms with Crippen LogP contribution in [-0.4, -0.2) is 17.1 Å². The lowest BCUT2D eigenvalue weighted by Crippen LogP contribution is -2.12. The van der Waals surface area contributed by atoms with Crippen LogP contribution in [0.15, 0.2) is 30.3 Å². The van der Waals surface area contributed by atoms with Gasteiger partial charge < -0.3 is 9.30 Å². The molecule has 0 saturated heterocycles. The van der Waals surface area contributed by atoms with Gasteiger partial charge in [-0.05, 0) is 25.5 Å². The third kappa shape index (κ3) is 3.21. The number of hydrogen-bond acceptors (Lipinski definition) is 2. The molecule has 1 aromatic heterocycles. The quantitative estimate of drug-likeness (QED) is 0.553. The number of nitrogens with zero attached hydrogens (tertiary/aromatic N) is 1. The van der Waals surface area contributed by atoms with Crippen LogP contribution in [0.3, 0.4) is 0 Å². The van der Waals surface area contributed by atoms with Gasteiger partial charge in [0.25, 0.3) is 0 Å². The van der Waals surface area contributed by atoms with E-state index >= 15 is 0 Å². The Hall–Kier alpha value is -1.77. The van der Waals surface area contributed by atoms with Crippen molar-refractivity contribution in [1.82, 2.24) is 4.57 Å². The van der Waals surface area contributed by atoms with Crippen LogP contribution in [0.4, 0.5) is 0 Å². The van der Waals surface area contributed by atoms with Crippen molar-refractivity contribution in [3.05, 3.63) is 36.0 Å². The van der Waals surface area contributed by atoms with Gasteiger partial charge in [0.05, 0.1) is 6.61 Å². The first-order valence-corrected chi connectivity index (χ1v) is 7.53. The van der Waals surface area contributed by atoms with Crippen molar-refractivity contribution in [1.29, 1.82) is 0 Å². The van der Waals surface area contributed by atoms with Crippen molar-refractivity contribution in [3.8, 4) is 0 Å². The zero-order chi connectivity index (χ0) is 14.4. The minimum atomic E-state index is -0.223. The molecule has 0 bridgehead atoms. The van der Waals surface area contributed by atoms with Crippen LogP contribution in [0.1, 0.15) is 50.0 Å². The van der Waals surface area contributed by atoms with Crippen molar-refractivity contribution in [2.45, 2.75) is 46.1 Å². The maximum Gasteiger partial charge on any atom is 0.354 e. The Labute approximate surface area is 120 Å². The van der Waals surface area contributed by atoms with Crippen LogP contribution >= 0.6 is 0 Å². The second-order valence-electron chi connectivity index (χ2n) is 5.02. The van der Waals surface area contributed by atoms with Crippen molar-refractivity contribution in [2.24, 2.45) is 0 Å². The first kappa shape index (κ1) is 14.6. The third-order valence-corrected chi connectivity index (χ3v) is 3.53. The molecule has 0 fully saturated rings. The average Bonchev–Trinajstić information content (AvgIpc) is 2.83. The predicted octanol–water partition coefficient (Wildman–Crippen LogP) is 4.40. The summed E-state index contributed by atoms with van der Waals surface area (Å²) >= 11 is 0. The lowest BCUT2D eigenvalue weighted by atomic mass is 10.2. The standard InChI is InChI=1S/C17H23NO2/c1-3-5-6-9-12-18-15-11-8-7-10-14(15)13-16(18)17(19)20-4-2/h7-8,10-11,13H,3-6,9,12H2,1-2H3. The van der Waals surface area contributed by atoms with Crippen LogP contribution < -0.4 is 0 Å². The molecule has 2 aromatic rings. The highest BCUT2D eigenvalue weighted by atomic mass is 16.5. The zero-order valence-corrected chi connectivity index (χ0v) is 12.4. The SMILES string of the molecule is CCCCCCn1c(C(=O)OCC)cc2ccccc21. The summed E-state index contributed by atoms with van der Waals surface area (Å²) in [6, 6.07) is 10.1. The van der Waals surface area contributed by atoms with E-state index in [0.717, 1.165) is 23.9 Å². The largest absolute Gasteiger partial charge is 0.461 e. The number of ether oxygens (including phenoxy) is 1. The number of benzene rings is 1. The predicted molar refractivity (Wildman–Crippen MR) is 82.0 cm³/mol. The summed E-state index contributed by atoms with van der Waals surface area (Å²) < 4.78 is 7.27. The molecule has 0 saturated carbocycles. The molecule has 3 heteroatoms. The molecule has 3 nitrogen and oxygen atoms in total. The molecule has 0 spiro atoms. The number of carbonyl (C=O) groups excluding carboxylic acids is 1. The first-order chi connectivity index (χ1) is 9.77. The van der Waals surface area contributed by atoms with E-state index in [2.05, 4.69) is 17.6 Å². The van der Waals surface area contributed by atoms with Crippen LogP contribution in [0.2, 0.25) is 0 Å². The number of hydrogen-bond donors (Lipinski definition) is 0. The Balaban J connectivity index is 2.27. The molecule has 0 unspecified atom stereocenters. The second-order valence-corrected chi connectivity index (χ2v) is 5.02. The fourth-order valence-corrected chi connectivity index (χ4v) is 2.52. The zero-order valence-electron chi connectivity index (χ0n) is 12.4. The van der Waals surface area contributed by atoms with Crippen LogP contribution in [-0.2, 0) is 11.3 Å². The van der Waals surface area contributed by atoms with Crippen LogP contribution in [0, 0.1) is 0 Å². The number of aryl methyl sites for hydroxylation is 1. The first-order valence-electron chi connectivity index (χ1n) is 7.53. The maximum atomic E-state index is 12.1. The lowest BCUT2D eigenvalue weighted by molar-refractivity contribution is 0.0514. The van der Waals surface area contributed by atoms with Gasteiger partial charge in [0.1, 0.15) is 5.69 Å². The second kappa shape index (κ2) is 7.13. The van der Waals surface area contributed by atoms with E-state index in [0.29, 0.717) is 12.3 Å². The maximum absolute atomic E-state index is 12.1. The van der Waals surface area contributed by atoms with E-state index in [1.165, 1.54) is 19.3 Å². The summed E-state index contributed by atoms with van der Waals surface area (Å²) in [4.78, 5) is 12.1. The minimum Gasteiger partial charge on any atom is -0.461 e. The number of fused-ring (bicyclic) bond motifs is 1. The monoisotopic (exact) mass is 273 g/mol. The van der Waals surface area contributed by atoms with Crippen molar-refractivity contribution < 1.29 is 9.53 Å². The van der Waals surface area contributed by atoms with Gasteiger partial charge in [-0.3, -0.25) is 0 Å². The number of carbonyl (C=O) groups is 1.